The summed E-state index contributed by atoms with van der Waals surface area (Å²) < 4.78 is 5.62. The largest absolute Gasteiger partial charge is 0.427 e. The molecule has 2 aliphatic heterocycles. The minimum absolute atomic E-state index is 0.0586. The summed E-state index contributed by atoms with van der Waals surface area (Å²) in [5.74, 6) is -0.198. The first-order valence-corrected chi connectivity index (χ1v) is 9.68. The van der Waals surface area contributed by atoms with Crippen molar-refractivity contribution in [3.8, 4) is 0 Å². The van der Waals surface area contributed by atoms with E-state index in [0.717, 1.165) is 43.0 Å². The number of hydrogen-bond donors (Lipinski definition) is 1. The van der Waals surface area contributed by atoms with Crippen molar-refractivity contribution in [2.24, 2.45) is 0 Å². The molecule has 1 fully saturated rings. The Bertz CT molecular complexity index is 868. The first-order chi connectivity index (χ1) is 13.0. The zero-order chi connectivity index (χ0) is 19.0. The number of hydrogen-bond acceptors (Lipinski definition) is 4. The van der Waals surface area contributed by atoms with Gasteiger partial charge in [-0.1, -0.05) is 24.5 Å². The first kappa shape index (κ1) is 18.4. The summed E-state index contributed by atoms with van der Waals surface area (Å²) in [5.41, 5.74) is 4.61. The molecule has 0 spiro atoms. The zero-order valence-corrected chi connectivity index (χ0v) is 16.4. The Morgan fingerprint density at radius 1 is 1.15 bits per heavy atom. The maximum Gasteiger partial charge on any atom is 0.324 e. The Kier molecular flexibility index (Phi) is 5.13. The van der Waals surface area contributed by atoms with Crippen molar-refractivity contribution in [3.05, 3.63) is 52.5 Å². The average molecular weight is 384 g/mol. The van der Waals surface area contributed by atoms with E-state index in [0.29, 0.717) is 17.2 Å². The van der Waals surface area contributed by atoms with Gasteiger partial charge in [0.25, 0.3) is 5.91 Å². The van der Waals surface area contributed by atoms with Crippen LogP contribution in [0, 0.1) is 0 Å². The lowest BCUT2D eigenvalue weighted by molar-refractivity contribution is 0.102. The molecule has 2 aromatic carbocycles. The number of rotatable bonds is 3. The molecule has 2 aliphatic rings. The Labute approximate surface area is 165 Å². The normalized spacial score (nSPS) is 17.1. The summed E-state index contributed by atoms with van der Waals surface area (Å²) in [6.45, 7) is 6.70. The lowest BCUT2D eigenvalue weighted by atomic mass is 9.64. The van der Waals surface area contributed by atoms with Crippen LogP contribution < -0.4 is 15.7 Å². The number of piperazine rings is 1. The molecule has 0 aliphatic carbocycles. The number of halogens is 1. The summed E-state index contributed by atoms with van der Waals surface area (Å²) >= 11 is 6.44. The van der Waals surface area contributed by atoms with Crippen LogP contribution in [0.25, 0.3) is 0 Å². The van der Waals surface area contributed by atoms with Gasteiger partial charge in [0.05, 0.1) is 17.2 Å². The molecule has 0 bridgehead atoms. The van der Waals surface area contributed by atoms with Crippen LogP contribution in [-0.2, 0) is 11.3 Å². The van der Waals surface area contributed by atoms with E-state index in [1.807, 2.05) is 43.2 Å². The fourth-order valence-corrected chi connectivity index (χ4v) is 3.90. The van der Waals surface area contributed by atoms with Crippen molar-refractivity contribution in [1.29, 1.82) is 0 Å². The smallest absolute Gasteiger partial charge is 0.324 e. The number of amides is 1. The molecule has 1 amide bonds. The van der Waals surface area contributed by atoms with Gasteiger partial charge in [-0.2, -0.15) is 0 Å². The molecule has 2 heterocycles. The molecule has 2 aromatic rings. The number of benzene rings is 2. The van der Waals surface area contributed by atoms with Crippen molar-refractivity contribution in [2.75, 3.05) is 43.4 Å². The van der Waals surface area contributed by atoms with E-state index in [-0.39, 0.29) is 12.8 Å². The lowest BCUT2D eigenvalue weighted by Crippen LogP contribution is -2.44. The molecule has 140 valence electrons. The lowest BCUT2D eigenvalue weighted by Gasteiger charge is -2.34. The summed E-state index contributed by atoms with van der Waals surface area (Å²) in [6, 6.07) is 11.6. The second kappa shape index (κ2) is 7.54. The highest BCUT2D eigenvalue weighted by atomic mass is 35.5. The van der Waals surface area contributed by atoms with Gasteiger partial charge in [-0.05, 0) is 48.4 Å². The third-order valence-corrected chi connectivity index (χ3v) is 5.71. The van der Waals surface area contributed by atoms with Gasteiger partial charge >= 0.3 is 6.92 Å². The Morgan fingerprint density at radius 2 is 1.93 bits per heavy atom. The van der Waals surface area contributed by atoms with Crippen LogP contribution in [0.3, 0.4) is 0 Å². The number of nitrogens with zero attached hydrogens (tertiary/aromatic N) is 2. The van der Waals surface area contributed by atoms with Gasteiger partial charge in [-0.25, -0.2) is 0 Å². The molecule has 27 heavy (non-hydrogen) atoms. The molecule has 0 radical (unpaired) electrons. The molecular weight excluding hydrogens is 361 g/mol. The van der Waals surface area contributed by atoms with E-state index in [1.54, 1.807) is 0 Å². The maximum atomic E-state index is 12.7. The first-order valence-electron chi connectivity index (χ1n) is 9.30. The Hall–Kier alpha value is -2.02. The van der Waals surface area contributed by atoms with Crippen molar-refractivity contribution < 1.29 is 9.45 Å². The molecule has 1 saturated heterocycles. The standard InChI is InChI=1S/C20H23BClN3O2/c1-21-18-11-15(4-3-14(18)13-27-21)23-20(26)17-6-5-16(12-19(17)22)25-9-7-24(2)8-10-25/h3-6,11-12H,7-10,13H2,1-2H3,(H,23,26). The van der Waals surface area contributed by atoms with Crippen LogP contribution in [0.4, 0.5) is 11.4 Å². The SMILES string of the molecule is CB1OCc2ccc(NC(=O)c3ccc(N4CCN(C)CC4)cc3Cl)cc21. The summed E-state index contributed by atoms with van der Waals surface area (Å²) in [6.07, 6.45) is 0. The topological polar surface area (TPSA) is 44.8 Å². The Balaban J connectivity index is 1.48. The van der Waals surface area contributed by atoms with Crippen LogP contribution in [0.5, 0.6) is 0 Å². The van der Waals surface area contributed by atoms with E-state index in [4.69, 9.17) is 16.3 Å². The fourth-order valence-electron chi connectivity index (χ4n) is 3.64. The molecule has 4 rings (SSSR count). The van der Waals surface area contributed by atoms with Crippen molar-refractivity contribution in [2.45, 2.75) is 13.4 Å². The van der Waals surface area contributed by atoms with Gasteiger partial charge in [0.1, 0.15) is 0 Å². The monoisotopic (exact) mass is 383 g/mol. The molecule has 0 unspecified atom stereocenters. The molecule has 0 aromatic heterocycles. The van der Waals surface area contributed by atoms with Crippen LogP contribution in [0.2, 0.25) is 11.8 Å². The average Bonchev–Trinajstić information content (AvgIpc) is 3.03. The third kappa shape index (κ3) is 3.83. The van der Waals surface area contributed by atoms with Crippen LogP contribution in [-0.4, -0.2) is 50.9 Å². The second-order valence-electron chi connectivity index (χ2n) is 7.28. The number of carbonyl (C=O) groups excluding carboxylic acids is 1. The molecule has 0 saturated carbocycles. The molecule has 7 heteroatoms. The van der Waals surface area contributed by atoms with Crippen molar-refractivity contribution in [3.63, 3.8) is 0 Å². The number of likely N-dealkylation sites (N-methyl/N-ethyl adjacent to an activating group) is 1. The number of anilines is 2. The highest BCUT2D eigenvalue weighted by Crippen LogP contribution is 2.25. The van der Waals surface area contributed by atoms with Gasteiger partial charge in [-0.3, -0.25) is 4.79 Å². The third-order valence-electron chi connectivity index (χ3n) is 5.40. The fraction of sp³-hybridized carbons (Fsp3) is 0.350. The van der Waals surface area contributed by atoms with Gasteiger partial charge < -0.3 is 19.8 Å². The molecule has 1 N–H and O–H groups in total. The van der Waals surface area contributed by atoms with E-state index < -0.39 is 0 Å². The van der Waals surface area contributed by atoms with Crippen molar-refractivity contribution >= 4 is 41.3 Å². The number of nitrogens with one attached hydrogen (secondary N) is 1. The predicted molar refractivity (Wildman–Crippen MR) is 112 cm³/mol. The second-order valence-corrected chi connectivity index (χ2v) is 7.68. The maximum absolute atomic E-state index is 12.7. The predicted octanol–water partition coefficient (Wildman–Crippen LogP) is 2.70. The van der Waals surface area contributed by atoms with Crippen LogP contribution in [0.1, 0.15) is 15.9 Å². The van der Waals surface area contributed by atoms with Gasteiger partial charge in [0.15, 0.2) is 0 Å². The van der Waals surface area contributed by atoms with Gasteiger partial charge in [-0.15, -0.1) is 0 Å². The van der Waals surface area contributed by atoms with Crippen molar-refractivity contribution in [1.82, 2.24) is 4.90 Å². The summed E-state index contributed by atoms with van der Waals surface area (Å²) in [5, 5.41) is 3.43. The van der Waals surface area contributed by atoms with E-state index in [1.165, 1.54) is 5.56 Å². The Morgan fingerprint density at radius 3 is 2.67 bits per heavy atom. The van der Waals surface area contributed by atoms with Crippen LogP contribution in [0.15, 0.2) is 36.4 Å². The quantitative estimate of drug-likeness (QED) is 0.828. The molecule has 5 nitrogen and oxygen atoms in total. The highest BCUT2D eigenvalue weighted by molar-refractivity contribution is 6.67. The van der Waals surface area contributed by atoms with E-state index >= 15 is 0 Å². The summed E-state index contributed by atoms with van der Waals surface area (Å²) in [7, 11) is 2.13. The minimum atomic E-state index is -0.198. The van der Waals surface area contributed by atoms with E-state index in [9.17, 15) is 4.79 Å². The minimum Gasteiger partial charge on any atom is -0.427 e. The molecular formula is C20H23BClN3O2. The van der Waals surface area contributed by atoms with E-state index in [2.05, 4.69) is 22.2 Å². The zero-order valence-electron chi connectivity index (χ0n) is 15.7. The van der Waals surface area contributed by atoms with Crippen LogP contribution >= 0.6 is 11.6 Å². The number of carbonyl (C=O) groups is 1. The van der Waals surface area contributed by atoms with Gasteiger partial charge in [0, 0.05) is 37.6 Å². The number of fused-ring (bicyclic) bond motifs is 1. The summed E-state index contributed by atoms with van der Waals surface area (Å²) in [4.78, 5) is 17.3. The molecule has 0 atom stereocenters. The van der Waals surface area contributed by atoms with Gasteiger partial charge in [0.2, 0.25) is 0 Å². The highest BCUT2D eigenvalue weighted by Gasteiger charge is 2.24.